The molecule has 0 bridgehead atoms. The van der Waals surface area contributed by atoms with E-state index in [-0.39, 0.29) is 5.75 Å². The molecule has 0 unspecified atom stereocenters. The summed E-state index contributed by atoms with van der Waals surface area (Å²) in [5.74, 6) is 1.39. The molecule has 0 spiro atoms. The van der Waals surface area contributed by atoms with Crippen LogP contribution < -0.4 is 10.5 Å². The molecular weight excluding hydrogens is 262 g/mol. The van der Waals surface area contributed by atoms with Crippen LogP contribution in [0.15, 0.2) is 72.8 Å². The van der Waals surface area contributed by atoms with Gasteiger partial charge >= 0.3 is 0 Å². The molecule has 0 aromatic heterocycles. The zero-order valence-corrected chi connectivity index (χ0v) is 11.4. The number of phenols is 1. The number of anilines is 1. The molecular formula is C18H15NO2. The van der Waals surface area contributed by atoms with Crippen LogP contribution in [0.3, 0.4) is 0 Å². The Morgan fingerprint density at radius 3 is 2.29 bits per heavy atom. The Hall–Kier alpha value is -2.94. The highest BCUT2D eigenvalue weighted by atomic mass is 16.5. The van der Waals surface area contributed by atoms with E-state index in [1.165, 1.54) is 6.07 Å². The van der Waals surface area contributed by atoms with Crippen LogP contribution in [0.5, 0.6) is 17.2 Å². The molecule has 0 heterocycles. The first kappa shape index (κ1) is 13.1. The summed E-state index contributed by atoms with van der Waals surface area (Å²) in [6, 6.07) is 22.7. The van der Waals surface area contributed by atoms with Gasteiger partial charge in [-0.2, -0.15) is 0 Å². The van der Waals surface area contributed by atoms with Crippen LogP contribution in [0.2, 0.25) is 0 Å². The predicted molar refractivity (Wildman–Crippen MR) is 84.5 cm³/mol. The van der Waals surface area contributed by atoms with Crippen molar-refractivity contribution < 1.29 is 9.84 Å². The Morgan fingerprint density at radius 2 is 1.52 bits per heavy atom. The molecule has 3 aromatic rings. The van der Waals surface area contributed by atoms with Gasteiger partial charge in [0.2, 0.25) is 0 Å². The summed E-state index contributed by atoms with van der Waals surface area (Å²) >= 11 is 0. The largest absolute Gasteiger partial charge is 0.506 e. The minimum Gasteiger partial charge on any atom is -0.506 e. The Bertz CT molecular complexity index is 754. The van der Waals surface area contributed by atoms with Gasteiger partial charge in [0.05, 0.1) is 5.69 Å². The molecule has 3 aromatic carbocycles. The van der Waals surface area contributed by atoms with Crippen molar-refractivity contribution in [1.82, 2.24) is 0 Å². The molecule has 3 rings (SSSR count). The molecule has 3 nitrogen and oxygen atoms in total. The number of aromatic hydroxyl groups is 1. The van der Waals surface area contributed by atoms with Crippen LogP contribution in [0.1, 0.15) is 0 Å². The minimum atomic E-state index is 0.0543. The molecule has 0 aliphatic rings. The molecule has 0 aliphatic carbocycles. The fraction of sp³-hybridized carbons (Fsp3) is 0. The van der Waals surface area contributed by atoms with Crippen molar-refractivity contribution in [2.24, 2.45) is 0 Å². The lowest BCUT2D eigenvalue weighted by Gasteiger charge is -2.12. The molecule has 3 N–H and O–H groups in total. The van der Waals surface area contributed by atoms with Crippen molar-refractivity contribution in [1.29, 1.82) is 0 Å². The van der Waals surface area contributed by atoms with E-state index in [2.05, 4.69) is 0 Å². The van der Waals surface area contributed by atoms with E-state index in [0.717, 1.165) is 16.9 Å². The van der Waals surface area contributed by atoms with Gasteiger partial charge in [0.25, 0.3) is 0 Å². The van der Waals surface area contributed by atoms with E-state index < -0.39 is 0 Å². The van der Waals surface area contributed by atoms with E-state index >= 15 is 0 Å². The number of benzene rings is 3. The van der Waals surface area contributed by atoms with Crippen molar-refractivity contribution >= 4 is 5.69 Å². The Kier molecular flexibility index (Phi) is 3.48. The van der Waals surface area contributed by atoms with Crippen LogP contribution >= 0.6 is 0 Å². The van der Waals surface area contributed by atoms with Crippen molar-refractivity contribution in [2.45, 2.75) is 0 Å². The third-order valence-electron chi connectivity index (χ3n) is 3.20. The summed E-state index contributed by atoms with van der Waals surface area (Å²) in [7, 11) is 0. The Balaban J connectivity index is 1.98. The summed E-state index contributed by atoms with van der Waals surface area (Å²) in [6.07, 6.45) is 0. The molecule has 0 saturated carbocycles. The average molecular weight is 277 g/mol. The second-order valence-corrected chi connectivity index (χ2v) is 4.68. The molecule has 3 heteroatoms. The number of para-hydroxylation sites is 1. The smallest absolute Gasteiger partial charge is 0.138 e. The van der Waals surface area contributed by atoms with Gasteiger partial charge in [-0.3, -0.25) is 0 Å². The number of nitrogen functional groups attached to an aromatic ring is 1. The van der Waals surface area contributed by atoms with Crippen LogP contribution in [-0.4, -0.2) is 5.11 Å². The van der Waals surface area contributed by atoms with E-state index in [9.17, 15) is 5.11 Å². The standard InChI is InChI=1S/C18H15NO2/c19-16-12-14(10-11-17(16)20)21-18-9-5-4-8-15(18)13-6-2-1-3-7-13/h1-12,20H,19H2. The molecule has 0 atom stereocenters. The normalized spacial score (nSPS) is 10.3. The predicted octanol–water partition coefficient (Wildman–Crippen LogP) is 4.43. The fourth-order valence-corrected chi connectivity index (χ4v) is 2.13. The zero-order valence-electron chi connectivity index (χ0n) is 11.4. The SMILES string of the molecule is Nc1cc(Oc2ccccc2-c2ccccc2)ccc1O. The third-order valence-corrected chi connectivity index (χ3v) is 3.20. The van der Waals surface area contributed by atoms with Gasteiger partial charge in [-0.15, -0.1) is 0 Å². The molecule has 0 fully saturated rings. The van der Waals surface area contributed by atoms with E-state index in [4.69, 9.17) is 10.5 Å². The van der Waals surface area contributed by atoms with E-state index in [1.54, 1.807) is 12.1 Å². The van der Waals surface area contributed by atoms with Gasteiger partial charge in [0.15, 0.2) is 0 Å². The van der Waals surface area contributed by atoms with Crippen molar-refractivity contribution in [3.63, 3.8) is 0 Å². The third kappa shape index (κ3) is 2.82. The number of phenolic OH excluding ortho intramolecular Hbond substituents is 1. The first-order valence-corrected chi connectivity index (χ1v) is 6.65. The Morgan fingerprint density at radius 1 is 0.810 bits per heavy atom. The van der Waals surface area contributed by atoms with Crippen molar-refractivity contribution in [3.05, 3.63) is 72.8 Å². The summed E-state index contributed by atoms with van der Waals surface area (Å²) in [5.41, 5.74) is 8.08. The zero-order chi connectivity index (χ0) is 14.7. The average Bonchev–Trinajstić information content (AvgIpc) is 2.52. The first-order chi connectivity index (χ1) is 10.2. The Labute approximate surface area is 123 Å². The summed E-state index contributed by atoms with van der Waals surface area (Å²) in [5, 5.41) is 9.46. The highest BCUT2D eigenvalue weighted by Crippen LogP contribution is 2.34. The minimum absolute atomic E-state index is 0.0543. The lowest BCUT2D eigenvalue weighted by Crippen LogP contribution is -1.90. The van der Waals surface area contributed by atoms with Gasteiger partial charge in [0, 0.05) is 11.6 Å². The maximum Gasteiger partial charge on any atom is 0.138 e. The number of hydrogen-bond donors (Lipinski definition) is 2. The second-order valence-electron chi connectivity index (χ2n) is 4.68. The highest BCUT2D eigenvalue weighted by molar-refractivity contribution is 5.71. The number of ether oxygens (including phenoxy) is 1. The van der Waals surface area contributed by atoms with Gasteiger partial charge < -0.3 is 15.6 Å². The van der Waals surface area contributed by atoms with Crippen LogP contribution in [0.25, 0.3) is 11.1 Å². The monoisotopic (exact) mass is 277 g/mol. The topological polar surface area (TPSA) is 55.5 Å². The van der Waals surface area contributed by atoms with Crippen LogP contribution in [-0.2, 0) is 0 Å². The van der Waals surface area contributed by atoms with Crippen LogP contribution in [0.4, 0.5) is 5.69 Å². The van der Waals surface area contributed by atoms with E-state index in [0.29, 0.717) is 11.4 Å². The summed E-state index contributed by atoms with van der Waals surface area (Å²) in [6.45, 7) is 0. The lowest BCUT2D eigenvalue weighted by molar-refractivity contribution is 0.467. The maximum atomic E-state index is 9.46. The van der Waals surface area contributed by atoms with Gasteiger partial charge in [-0.1, -0.05) is 48.5 Å². The molecule has 0 amide bonds. The van der Waals surface area contributed by atoms with Gasteiger partial charge in [-0.05, 0) is 23.8 Å². The summed E-state index contributed by atoms with van der Waals surface area (Å²) < 4.78 is 5.91. The highest BCUT2D eigenvalue weighted by Gasteiger charge is 2.07. The van der Waals surface area contributed by atoms with Crippen LogP contribution in [0, 0.1) is 0 Å². The molecule has 0 radical (unpaired) electrons. The number of rotatable bonds is 3. The molecule has 0 aliphatic heterocycles. The van der Waals surface area contributed by atoms with Crippen molar-refractivity contribution in [2.75, 3.05) is 5.73 Å². The summed E-state index contributed by atoms with van der Waals surface area (Å²) in [4.78, 5) is 0. The molecule has 0 saturated heterocycles. The molecule has 104 valence electrons. The number of hydrogen-bond acceptors (Lipinski definition) is 3. The quantitative estimate of drug-likeness (QED) is 0.550. The first-order valence-electron chi connectivity index (χ1n) is 6.65. The van der Waals surface area contributed by atoms with Gasteiger partial charge in [-0.25, -0.2) is 0 Å². The second kappa shape index (κ2) is 5.59. The fourth-order valence-electron chi connectivity index (χ4n) is 2.13. The van der Waals surface area contributed by atoms with Gasteiger partial charge in [0.1, 0.15) is 17.2 Å². The molecule has 21 heavy (non-hydrogen) atoms. The maximum absolute atomic E-state index is 9.46. The van der Waals surface area contributed by atoms with E-state index in [1.807, 2.05) is 54.6 Å². The lowest BCUT2D eigenvalue weighted by atomic mass is 10.0. The van der Waals surface area contributed by atoms with Crippen molar-refractivity contribution in [3.8, 4) is 28.4 Å². The number of nitrogens with two attached hydrogens (primary N) is 1.